The molecule has 2 aromatic carbocycles. The van der Waals surface area contributed by atoms with E-state index in [2.05, 4.69) is 15.5 Å². The van der Waals surface area contributed by atoms with Gasteiger partial charge < -0.3 is 10.1 Å². The van der Waals surface area contributed by atoms with Gasteiger partial charge in [-0.15, -0.1) is 5.10 Å². The SMILES string of the molecule is O=C1CSC(=NN=Cc2cccc(COc3cc(F)cc(F)c3)c2)N1. The predicted octanol–water partition coefficient (Wildman–Crippen LogP) is 3.10. The fourth-order valence-corrected chi connectivity index (χ4v) is 2.70. The summed E-state index contributed by atoms with van der Waals surface area (Å²) >= 11 is 1.29. The Morgan fingerprint density at radius 3 is 2.72 bits per heavy atom. The quantitative estimate of drug-likeness (QED) is 0.658. The van der Waals surface area contributed by atoms with Gasteiger partial charge in [-0.3, -0.25) is 4.79 Å². The van der Waals surface area contributed by atoms with Gasteiger partial charge in [-0.25, -0.2) is 8.78 Å². The maximum Gasteiger partial charge on any atom is 0.236 e. The van der Waals surface area contributed by atoms with Crippen molar-refractivity contribution in [2.24, 2.45) is 10.2 Å². The van der Waals surface area contributed by atoms with Crippen LogP contribution in [0.2, 0.25) is 0 Å². The third-order valence-electron chi connectivity index (χ3n) is 3.13. The van der Waals surface area contributed by atoms with Crippen molar-refractivity contribution < 1.29 is 18.3 Å². The number of rotatable bonds is 5. The van der Waals surface area contributed by atoms with Gasteiger partial charge in [0, 0.05) is 18.2 Å². The number of halogens is 2. The van der Waals surface area contributed by atoms with Gasteiger partial charge in [0.15, 0.2) is 5.17 Å². The van der Waals surface area contributed by atoms with Crippen molar-refractivity contribution in [1.29, 1.82) is 0 Å². The number of thioether (sulfide) groups is 1. The van der Waals surface area contributed by atoms with Gasteiger partial charge in [0.2, 0.25) is 5.91 Å². The van der Waals surface area contributed by atoms with Crippen molar-refractivity contribution in [2.45, 2.75) is 6.61 Å². The molecule has 1 aliphatic rings. The molecule has 8 heteroatoms. The van der Waals surface area contributed by atoms with E-state index in [1.165, 1.54) is 11.8 Å². The van der Waals surface area contributed by atoms with Crippen LogP contribution in [-0.4, -0.2) is 23.0 Å². The summed E-state index contributed by atoms with van der Waals surface area (Å²) in [4.78, 5) is 11.0. The highest BCUT2D eigenvalue weighted by molar-refractivity contribution is 8.15. The number of benzene rings is 2. The number of nitrogens with zero attached hydrogens (tertiary/aromatic N) is 2. The molecule has 128 valence electrons. The molecule has 5 nitrogen and oxygen atoms in total. The van der Waals surface area contributed by atoms with E-state index in [-0.39, 0.29) is 18.3 Å². The highest BCUT2D eigenvalue weighted by Gasteiger charge is 2.15. The average Bonchev–Trinajstić information content (AvgIpc) is 2.98. The second kappa shape index (κ2) is 7.89. The van der Waals surface area contributed by atoms with Crippen LogP contribution in [0.15, 0.2) is 52.7 Å². The average molecular weight is 361 g/mol. The molecule has 2 aromatic rings. The van der Waals surface area contributed by atoms with E-state index < -0.39 is 11.6 Å². The van der Waals surface area contributed by atoms with Gasteiger partial charge >= 0.3 is 0 Å². The number of hydrogen-bond donors (Lipinski definition) is 1. The maximum atomic E-state index is 13.1. The lowest BCUT2D eigenvalue weighted by Crippen LogP contribution is -2.19. The second-order valence-electron chi connectivity index (χ2n) is 5.13. The fraction of sp³-hybridized carbons (Fsp3) is 0.118. The lowest BCUT2D eigenvalue weighted by molar-refractivity contribution is -0.116. The van der Waals surface area contributed by atoms with E-state index in [1.54, 1.807) is 6.21 Å². The first-order valence-corrected chi connectivity index (χ1v) is 8.28. The first-order chi connectivity index (χ1) is 12.1. The normalized spacial score (nSPS) is 15.8. The minimum Gasteiger partial charge on any atom is -0.489 e. The van der Waals surface area contributed by atoms with Crippen LogP contribution in [-0.2, 0) is 11.4 Å². The van der Waals surface area contributed by atoms with E-state index in [4.69, 9.17) is 4.74 Å². The highest BCUT2D eigenvalue weighted by Crippen LogP contribution is 2.17. The number of amidine groups is 1. The largest absolute Gasteiger partial charge is 0.489 e. The monoisotopic (exact) mass is 361 g/mol. The van der Waals surface area contributed by atoms with Gasteiger partial charge in [-0.1, -0.05) is 30.0 Å². The van der Waals surface area contributed by atoms with Crippen LogP contribution < -0.4 is 10.1 Å². The van der Waals surface area contributed by atoms with Crippen LogP contribution in [0.25, 0.3) is 0 Å². The standard InChI is InChI=1S/C17H13F2N3O2S/c18-13-5-14(19)7-15(6-13)24-9-12-3-1-2-11(4-12)8-20-22-17-21-16(23)10-25-17/h1-8H,9-10H2,(H,21,22,23). The van der Waals surface area contributed by atoms with Gasteiger partial charge in [-0.05, 0) is 17.2 Å². The molecule has 0 aromatic heterocycles. The predicted molar refractivity (Wildman–Crippen MR) is 92.8 cm³/mol. The molecular formula is C17H13F2N3O2S. The van der Waals surface area contributed by atoms with Crippen LogP contribution in [0.1, 0.15) is 11.1 Å². The molecule has 0 unspecified atom stereocenters. The molecule has 0 aliphatic carbocycles. The van der Waals surface area contributed by atoms with Crippen molar-refractivity contribution in [3.05, 3.63) is 65.2 Å². The third-order valence-corrected chi connectivity index (χ3v) is 4.00. The van der Waals surface area contributed by atoms with E-state index in [9.17, 15) is 13.6 Å². The van der Waals surface area contributed by atoms with E-state index in [1.807, 2.05) is 24.3 Å². The molecule has 0 bridgehead atoms. The van der Waals surface area contributed by atoms with Crippen molar-refractivity contribution >= 4 is 29.1 Å². The Bertz CT molecular complexity index is 835. The highest BCUT2D eigenvalue weighted by atomic mass is 32.2. The number of hydrogen-bond acceptors (Lipinski definition) is 5. The zero-order chi connectivity index (χ0) is 17.6. The molecule has 0 saturated carbocycles. The van der Waals surface area contributed by atoms with Crippen molar-refractivity contribution in [1.82, 2.24) is 5.32 Å². The Morgan fingerprint density at radius 1 is 1.20 bits per heavy atom. The number of carbonyl (C=O) groups excluding carboxylic acids is 1. The van der Waals surface area contributed by atoms with Crippen molar-refractivity contribution in [3.8, 4) is 5.75 Å². The third kappa shape index (κ3) is 5.12. The zero-order valence-corrected chi connectivity index (χ0v) is 13.7. The van der Waals surface area contributed by atoms with Crippen LogP contribution in [0.4, 0.5) is 8.78 Å². The Kier molecular flexibility index (Phi) is 5.39. The summed E-state index contributed by atoms with van der Waals surface area (Å²) < 4.78 is 31.7. The zero-order valence-electron chi connectivity index (χ0n) is 12.9. The molecule has 1 amide bonds. The Hall–Kier alpha value is -2.74. The van der Waals surface area contributed by atoms with Gasteiger partial charge in [0.25, 0.3) is 0 Å². The van der Waals surface area contributed by atoms with Crippen LogP contribution in [0.3, 0.4) is 0 Å². The smallest absolute Gasteiger partial charge is 0.236 e. The lowest BCUT2D eigenvalue weighted by Gasteiger charge is -2.07. The van der Waals surface area contributed by atoms with Crippen molar-refractivity contribution in [2.75, 3.05) is 5.75 Å². The Balaban J connectivity index is 1.62. The summed E-state index contributed by atoms with van der Waals surface area (Å²) in [6, 6.07) is 10.3. The molecular weight excluding hydrogens is 348 g/mol. The minimum atomic E-state index is -0.688. The number of amides is 1. The molecule has 1 N–H and O–H groups in total. The van der Waals surface area contributed by atoms with Crippen LogP contribution in [0, 0.1) is 11.6 Å². The Labute approximate surface area is 146 Å². The summed E-state index contributed by atoms with van der Waals surface area (Å²) in [5.41, 5.74) is 1.59. The number of ether oxygens (including phenoxy) is 1. The maximum absolute atomic E-state index is 13.1. The lowest BCUT2D eigenvalue weighted by atomic mass is 10.1. The molecule has 1 fully saturated rings. The van der Waals surface area contributed by atoms with Gasteiger partial charge in [0.05, 0.1) is 12.0 Å². The topological polar surface area (TPSA) is 63.0 Å². The molecule has 25 heavy (non-hydrogen) atoms. The fourth-order valence-electron chi connectivity index (χ4n) is 2.07. The Morgan fingerprint density at radius 2 is 2.00 bits per heavy atom. The van der Waals surface area contributed by atoms with E-state index in [0.29, 0.717) is 10.9 Å². The molecule has 1 aliphatic heterocycles. The first-order valence-electron chi connectivity index (χ1n) is 7.30. The first kappa shape index (κ1) is 17.1. The molecule has 0 spiro atoms. The molecule has 0 radical (unpaired) electrons. The van der Waals surface area contributed by atoms with Gasteiger partial charge in [0.1, 0.15) is 24.0 Å². The summed E-state index contributed by atoms with van der Waals surface area (Å²) in [6.45, 7) is 0.158. The summed E-state index contributed by atoms with van der Waals surface area (Å²) in [6.07, 6.45) is 1.55. The molecule has 3 rings (SSSR count). The number of nitrogens with one attached hydrogen (secondary N) is 1. The minimum absolute atomic E-state index is 0.0909. The van der Waals surface area contributed by atoms with Crippen LogP contribution >= 0.6 is 11.8 Å². The molecule has 1 heterocycles. The van der Waals surface area contributed by atoms with Crippen molar-refractivity contribution in [3.63, 3.8) is 0 Å². The second-order valence-corrected chi connectivity index (χ2v) is 6.09. The molecule has 1 saturated heterocycles. The molecule has 0 atom stereocenters. The number of carbonyl (C=O) groups is 1. The van der Waals surface area contributed by atoms with E-state index >= 15 is 0 Å². The summed E-state index contributed by atoms with van der Waals surface area (Å²) in [7, 11) is 0. The van der Waals surface area contributed by atoms with E-state index in [0.717, 1.165) is 29.3 Å². The van der Waals surface area contributed by atoms with Gasteiger partial charge in [-0.2, -0.15) is 5.10 Å². The van der Waals surface area contributed by atoms with Crippen LogP contribution in [0.5, 0.6) is 5.75 Å². The summed E-state index contributed by atoms with van der Waals surface area (Å²) in [5, 5.41) is 10.9. The summed E-state index contributed by atoms with van der Waals surface area (Å²) in [5.74, 6) is -0.996.